The minimum Gasteiger partial charge on any atom is -0.493 e. The molecule has 0 saturated carbocycles. The molecule has 2 aliphatic rings. The van der Waals surface area contributed by atoms with Crippen molar-refractivity contribution in [2.24, 2.45) is 0 Å². The second kappa shape index (κ2) is 9.04. The van der Waals surface area contributed by atoms with Crippen molar-refractivity contribution in [3.63, 3.8) is 0 Å². The number of amides is 2. The van der Waals surface area contributed by atoms with E-state index in [0.29, 0.717) is 22.8 Å². The largest absolute Gasteiger partial charge is 0.493 e. The van der Waals surface area contributed by atoms with Crippen LogP contribution in [0.3, 0.4) is 0 Å². The lowest BCUT2D eigenvalue weighted by Gasteiger charge is -2.18. The summed E-state index contributed by atoms with van der Waals surface area (Å²) in [6.45, 7) is 2.51. The van der Waals surface area contributed by atoms with Crippen molar-refractivity contribution < 1.29 is 23.8 Å². The van der Waals surface area contributed by atoms with E-state index < -0.39 is 0 Å². The molecule has 0 bridgehead atoms. The number of hydrogen-bond donors (Lipinski definition) is 2. The quantitative estimate of drug-likeness (QED) is 0.719. The van der Waals surface area contributed by atoms with Gasteiger partial charge in [0.05, 0.1) is 13.7 Å². The number of nitrogens with zero attached hydrogens (tertiary/aromatic N) is 1. The molecule has 1 saturated heterocycles. The van der Waals surface area contributed by atoms with E-state index in [9.17, 15) is 9.59 Å². The fourth-order valence-corrected chi connectivity index (χ4v) is 3.76. The number of fused-ring (bicyclic) bond motifs is 1. The molecule has 8 heteroatoms. The van der Waals surface area contributed by atoms with E-state index in [0.717, 1.165) is 31.6 Å². The molecule has 158 valence electrons. The van der Waals surface area contributed by atoms with Crippen LogP contribution in [0.4, 0.5) is 0 Å². The van der Waals surface area contributed by atoms with Crippen LogP contribution in [0.15, 0.2) is 42.5 Å². The molecule has 0 aliphatic carbocycles. The Bertz CT molecular complexity index is 918. The van der Waals surface area contributed by atoms with Gasteiger partial charge in [-0.25, -0.2) is 0 Å². The normalized spacial score (nSPS) is 17.6. The highest BCUT2D eigenvalue weighted by atomic mass is 16.7. The van der Waals surface area contributed by atoms with E-state index in [1.807, 2.05) is 18.2 Å². The van der Waals surface area contributed by atoms with Crippen LogP contribution in [0.1, 0.15) is 22.3 Å². The number of nitrogens with one attached hydrogen (secondary N) is 2. The van der Waals surface area contributed by atoms with Crippen molar-refractivity contribution in [2.75, 3.05) is 33.5 Å². The van der Waals surface area contributed by atoms with E-state index in [2.05, 4.69) is 15.5 Å². The van der Waals surface area contributed by atoms with Crippen LogP contribution >= 0.6 is 0 Å². The van der Waals surface area contributed by atoms with Crippen LogP contribution in [0.25, 0.3) is 0 Å². The maximum Gasteiger partial charge on any atom is 0.251 e. The fourth-order valence-electron chi connectivity index (χ4n) is 3.76. The highest BCUT2D eigenvalue weighted by molar-refractivity contribution is 5.96. The summed E-state index contributed by atoms with van der Waals surface area (Å²) in [5.41, 5.74) is 1.61. The summed E-state index contributed by atoms with van der Waals surface area (Å²) in [7, 11) is 1.61. The van der Waals surface area contributed by atoms with Crippen LogP contribution < -0.4 is 24.8 Å². The van der Waals surface area contributed by atoms with Crippen molar-refractivity contribution >= 4 is 11.8 Å². The summed E-state index contributed by atoms with van der Waals surface area (Å²) in [4.78, 5) is 26.5. The Labute approximate surface area is 175 Å². The maximum atomic E-state index is 12.2. The van der Waals surface area contributed by atoms with Crippen LogP contribution in [-0.4, -0.2) is 56.3 Å². The van der Waals surface area contributed by atoms with Gasteiger partial charge < -0.3 is 24.8 Å². The van der Waals surface area contributed by atoms with Crippen LogP contribution in [-0.2, 0) is 11.3 Å². The second-order valence-electron chi connectivity index (χ2n) is 7.37. The summed E-state index contributed by atoms with van der Waals surface area (Å²) < 4.78 is 16.3. The molecule has 2 aromatic rings. The van der Waals surface area contributed by atoms with E-state index in [1.54, 1.807) is 31.4 Å². The molecular weight excluding hydrogens is 386 g/mol. The standard InChI is InChI=1S/C22H25N3O5/c1-28-18-9-15(10-19-21(18)30-14-29-19)12-25-8-7-17(13-25)24-20(26)11-23-22(27)16-5-3-2-4-6-16/h2-6,9-10,17H,7-8,11-14H2,1H3,(H,23,27)(H,24,26). The molecule has 2 aromatic carbocycles. The smallest absolute Gasteiger partial charge is 0.251 e. The van der Waals surface area contributed by atoms with Crippen LogP contribution in [0, 0.1) is 0 Å². The predicted octanol–water partition coefficient (Wildman–Crippen LogP) is 1.54. The maximum absolute atomic E-state index is 12.2. The number of likely N-dealkylation sites (tertiary alicyclic amines) is 1. The van der Waals surface area contributed by atoms with Gasteiger partial charge in [-0.1, -0.05) is 18.2 Å². The molecule has 2 aliphatic heterocycles. The summed E-state index contributed by atoms with van der Waals surface area (Å²) in [6.07, 6.45) is 0.861. The van der Waals surface area contributed by atoms with Gasteiger partial charge in [0.1, 0.15) is 0 Å². The average molecular weight is 411 g/mol. The number of carbonyl (C=O) groups excluding carboxylic acids is 2. The predicted molar refractivity (Wildman–Crippen MR) is 110 cm³/mol. The Morgan fingerprint density at radius 2 is 2.03 bits per heavy atom. The molecular formula is C22H25N3O5. The summed E-state index contributed by atoms with van der Waals surface area (Å²) in [6, 6.07) is 12.8. The number of carbonyl (C=O) groups is 2. The van der Waals surface area contributed by atoms with Crippen LogP contribution in [0.5, 0.6) is 17.2 Å². The molecule has 30 heavy (non-hydrogen) atoms. The zero-order valence-electron chi connectivity index (χ0n) is 16.8. The lowest BCUT2D eigenvalue weighted by Crippen LogP contribution is -2.43. The topological polar surface area (TPSA) is 89.1 Å². The molecule has 4 rings (SSSR count). The SMILES string of the molecule is COc1cc(CN2CCC(NC(=O)CNC(=O)c3ccccc3)C2)cc2c1OCO2. The second-order valence-corrected chi connectivity index (χ2v) is 7.37. The lowest BCUT2D eigenvalue weighted by atomic mass is 10.1. The van der Waals surface area contributed by atoms with Gasteiger partial charge >= 0.3 is 0 Å². The third-order valence-electron chi connectivity index (χ3n) is 5.21. The number of hydrogen-bond acceptors (Lipinski definition) is 6. The van der Waals surface area contributed by atoms with Crippen molar-refractivity contribution in [3.05, 3.63) is 53.6 Å². The first-order chi connectivity index (χ1) is 14.6. The molecule has 1 unspecified atom stereocenters. The molecule has 2 N–H and O–H groups in total. The Hall–Kier alpha value is -3.26. The number of benzene rings is 2. The van der Waals surface area contributed by atoms with Crippen molar-refractivity contribution in [1.29, 1.82) is 0 Å². The summed E-state index contributed by atoms with van der Waals surface area (Å²) in [5, 5.41) is 5.66. The fraction of sp³-hybridized carbons (Fsp3) is 0.364. The molecule has 0 radical (unpaired) electrons. The first kappa shape index (κ1) is 20.0. The van der Waals surface area contributed by atoms with Crippen molar-refractivity contribution in [3.8, 4) is 17.2 Å². The first-order valence-corrected chi connectivity index (χ1v) is 9.94. The summed E-state index contributed by atoms with van der Waals surface area (Å²) in [5.74, 6) is 1.57. The lowest BCUT2D eigenvalue weighted by molar-refractivity contribution is -0.120. The van der Waals surface area contributed by atoms with Crippen molar-refractivity contribution in [2.45, 2.75) is 19.0 Å². The Kier molecular flexibility index (Phi) is 6.04. The zero-order chi connectivity index (χ0) is 20.9. The van der Waals surface area contributed by atoms with Crippen LogP contribution in [0.2, 0.25) is 0 Å². The first-order valence-electron chi connectivity index (χ1n) is 9.94. The average Bonchev–Trinajstić information content (AvgIpc) is 3.41. The molecule has 2 amide bonds. The number of methoxy groups -OCH3 is 1. The molecule has 1 atom stereocenters. The Morgan fingerprint density at radius 3 is 2.83 bits per heavy atom. The molecule has 1 fully saturated rings. The minimum absolute atomic E-state index is 0.0381. The third-order valence-corrected chi connectivity index (χ3v) is 5.21. The summed E-state index contributed by atoms with van der Waals surface area (Å²) >= 11 is 0. The van der Waals surface area contributed by atoms with Gasteiger partial charge in [-0.3, -0.25) is 14.5 Å². The van der Waals surface area contributed by atoms with Gasteiger partial charge in [0.25, 0.3) is 5.91 Å². The van der Waals surface area contributed by atoms with Gasteiger partial charge in [-0.2, -0.15) is 0 Å². The highest BCUT2D eigenvalue weighted by Crippen LogP contribution is 2.42. The number of ether oxygens (including phenoxy) is 3. The van der Waals surface area contributed by atoms with E-state index >= 15 is 0 Å². The highest BCUT2D eigenvalue weighted by Gasteiger charge is 2.26. The Morgan fingerprint density at radius 1 is 1.20 bits per heavy atom. The van der Waals surface area contributed by atoms with Gasteiger partial charge in [-0.05, 0) is 36.2 Å². The zero-order valence-corrected chi connectivity index (χ0v) is 16.8. The monoisotopic (exact) mass is 411 g/mol. The minimum atomic E-state index is -0.254. The van der Waals surface area contributed by atoms with E-state index in [-0.39, 0.29) is 31.2 Å². The molecule has 0 spiro atoms. The molecule has 2 heterocycles. The third kappa shape index (κ3) is 4.65. The Balaban J connectivity index is 1.25. The van der Waals surface area contributed by atoms with Crippen molar-refractivity contribution in [1.82, 2.24) is 15.5 Å². The van der Waals surface area contributed by atoms with Gasteiger partial charge in [0.2, 0.25) is 18.4 Å². The van der Waals surface area contributed by atoms with E-state index in [1.165, 1.54) is 0 Å². The molecule has 0 aromatic heterocycles. The van der Waals surface area contributed by atoms with Gasteiger partial charge in [-0.15, -0.1) is 0 Å². The van der Waals surface area contributed by atoms with E-state index in [4.69, 9.17) is 14.2 Å². The molecule has 8 nitrogen and oxygen atoms in total. The van der Waals surface area contributed by atoms with Gasteiger partial charge in [0, 0.05) is 31.2 Å². The number of rotatable bonds is 7. The van der Waals surface area contributed by atoms with Gasteiger partial charge in [0.15, 0.2) is 11.5 Å².